The van der Waals surface area contributed by atoms with Crippen molar-refractivity contribution in [2.45, 2.75) is 52.4 Å². The molecule has 6 heteroatoms. The van der Waals surface area contributed by atoms with Crippen LogP contribution in [0.5, 0.6) is 5.75 Å². The van der Waals surface area contributed by atoms with Crippen LogP contribution in [0.15, 0.2) is 54.6 Å². The highest BCUT2D eigenvalue weighted by Crippen LogP contribution is 2.13. The van der Waals surface area contributed by atoms with Crippen molar-refractivity contribution in [3.8, 4) is 5.75 Å². The molecule has 0 spiro atoms. The molecule has 0 aromatic heterocycles. The van der Waals surface area contributed by atoms with Crippen LogP contribution in [0.1, 0.15) is 50.5 Å². The average molecular weight is 399 g/mol. The minimum absolute atomic E-state index is 0.212. The van der Waals surface area contributed by atoms with E-state index in [1.807, 2.05) is 56.3 Å². The first kappa shape index (κ1) is 22.3. The number of hydrogen-bond donors (Lipinski definition) is 2. The fourth-order valence-corrected chi connectivity index (χ4v) is 2.47. The second-order valence-electron chi connectivity index (χ2n) is 8.49. The van der Waals surface area contributed by atoms with Gasteiger partial charge in [-0.15, -0.1) is 0 Å². The topological polar surface area (TPSA) is 76.7 Å². The van der Waals surface area contributed by atoms with E-state index in [2.05, 4.69) is 10.6 Å². The van der Waals surface area contributed by atoms with E-state index in [0.29, 0.717) is 12.2 Å². The second kappa shape index (κ2) is 9.45. The van der Waals surface area contributed by atoms with Gasteiger partial charge >= 0.3 is 6.09 Å². The molecule has 2 rings (SSSR count). The van der Waals surface area contributed by atoms with Crippen molar-refractivity contribution in [3.63, 3.8) is 0 Å². The van der Waals surface area contributed by atoms with Crippen LogP contribution in [0.3, 0.4) is 0 Å². The molecule has 0 unspecified atom stereocenters. The standard InChI is InChI=1S/C23H30N2O4/c1-22(2,3)29-21(27)24-16-23(4,5)25-20(26)18-13-11-17(12-14-18)15-28-19-9-7-6-8-10-19/h6-14H,15-16H2,1-5H3,(H,24,27)(H,25,26). The summed E-state index contributed by atoms with van der Waals surface area (Å²) in [4.78, 5) is 24.3. The molecule has 2 N–H and O–H groups in total. The highest BCUT2D eigenvalue weighted by molar-refractivity contribution is 5.94. The van der Waals surface area contributed by atoms with Crippen molar-refractivity contribution < 1.29 is 19.1 Å². The molecule has 0 heterocycles. The van der Waals surface area contributed by atoms with Crippen molar-refractivity contribution in [2.75, 3.05) is 6.54 Å². The summed E-state index contributed by atoms with van der Waals surface area (Å²) in [5.41, 5.74) is 0.307. The summed E-state index contributed by atoms with van der Waals surface area (Å²) in [6.45, 7) is 9.75. The Balaban J connectivity index is 1.85. The largest absolute Gasteiger partial charge is 0.489 e. The van der Waals surface area contributed by atoms with E-state index in [4.69, 9.17) is 9.47 Å². The molecule has 0 saturated heterocycles. The summed E-state index contributed by atoms with van der Waals surface area (Å²) in [5, 5.41) is 5.61. The van der Waals surface area contributed by atoms with Gasteiger partial charge in [0.05, 0.1) is 5.54 Å². The van der Waals surface area contributed by atoms with Gasteiger partial charge in [0.15, 0.2) is 0 Å². The molecular weight excluding hydrogens is 368 g/mol. The van der Waals surface area contributed by atoms with Crippen LogP contribution < -0.4 is 15.4 Å². The smallest absolute Gasteiger partial charge is 0.407 e. The molecule has 0 bridgehead atoms. The Bertz CT molecular complexity index is 809. The van der Waals surface area contributed by atoms with Crippen LogP contribution in [-0.4, -0.2) is 29.7 Å². The number of hydrogen-bond acceptors (Lipinski definition) is 4. The Morgan fingerprint density at radius 3 is 2.10 bits per heavy atom. The highest BCUT2D eigenvalue weighted by Gasteiger charge is 2.24. The summed E-state index contributed by atoms with van der Waals surface area (Å²) >= 11 is 0. The van der Waals surface area contributed by atoms with Crippen LogP contribution in [0.4, 0.5) is 4.79 Å². The van der Waals surface area contributed by atoms with Crippen LogP contribution in [0.25, 0.3) is 0 Å². The average Bonchev–Trinajstić information content (AvgIpc) is 2.64. The molecule has 156 valence electrons. The zero-order valence-electron chi connectivity index (χ0n) is 17.7. The van der Waals surface area contributed by atoms with E-state index in [-0.39, 0.29) is 12.5 Å². The molecule has 0 radical (unpaired) electrons. The third-order valence-electron chi connectivity index (χ3n) is 3.89. The van der Waals surface area contributed by atoms with Gasteiger partial charge in [0.1, 0.15) is 18.0 Å². The normalized spacial score (nSPS) is 11.5. The van der Waals surface area contributed by atoms with Gasteiger partial charge in [0.25, 0.3) is 5.91 Å². The van der Waals surface area contributed by atoms with Crippen LogP contribution in [0.2, 0.25) is 0 Å². The minimum Gasteiger partial charge on any atom is -0.489 e. The number of carbonyl (C=O) groups is 2. The zero-order chi connectivity index (χ0) is 21.5. The van der Waals surface area contributed by atoms with Crippen LogP contribution in [-0.2, 0) is 11.3 Å². The van der Waals surface area contributed by atoms with Gasteiger partial charge in [0, 0.05) is 12.1 Å². The molecule has 2 aromatic carbocycles. The number of carbonyl (C=O) groups excluding carboxylic acids is 2. The lowest BCUT2D eigenvalue weighted by Gasteiger charge is -2.28. The molecule has 0 aliphatic heterocycles. The predicted molar refractivity (Wildman–Crippen MR) is 113 cm³/mol. The van der Waals surface area contributed by atoms with Crippen LogP contribution >= 0.6 is 0 Å². The third-order valence-corrected chi connectivity index (χ3v) is 3.89. The van der Waals surface area contributed by atoms with E-state index in [1.165, 1.54) is 0 Å². The van der Waals surface area contributed by atoms with E-state index in [1.54, 1.807) is 32.9 Å². The number of para-hydroxylation sites is 1. The van der Waals surface area contributed by atoms with Gasteiger partial charge in [-0.05, 0) is 64.4 Å². The Morgan fingerprint density at radius 1 is 0.897 bits per heavy atom. The van der Waals surface area contributed by atoms with Gasteiger partial charge in [-0.3, -0.25) is 4.79 Å². The number of benzene rings is 2. The van der Waals surface area contributed by atoms with Gasteiger partial charge in [0.2, 0.25) is 0 Å². The molecule has 0 aliphatic rings. The fraction of sp³-hybridized carbons (Fsp3) is 0.391. The fourth-order valence-electron chi connectivity index (χ4n) is 2.47. The first-order chi connectivity index (χ1) is 13.5. The SMILES string of the molecule is CC(C)(CNC(=O)OC(C)(C)C)NC(=O)c1ccc(COc2ccccc2)cc1. The van der Waals surface area contributed by atoms with Gasteiger partial charge < -0.3 is 20.1 Å². The van der Waals surface area contributed by atoms with E-state index in [0.717, 1.165) is 11.3 Å². The molecule has 0 fully saturated rings. The lowest BCUT2D eigenvalue weighted by atomic mass is 10.0. The van der Waals surface area contributed by atoms with E-state index in [9.17, 15) is 9.59 Å². The molecule has 0 aliphatic carbocycles. The summed E-state index contributed by atoms with van der Waals surface area (Å²) < 4.78 is 10.9. The zero-order valence-corrected chi connectivity index (χ0v) is 17.7. The first-order valence-corrected chi connectivity index (χ1v) is 9.60. The van der Waals surface area contributed by atoms with Crippen molar-refractivity contribution in [3.05, 3.63) is 65.7 Å². The van der Waals surface area contributed by atoms with Crippen LogP contribution in [0, 0.1) is 0 Å². The molecular formula is C23H30N2O4. The van der Waals surface area contributed by atoms with Gasteiger partial charge in [-0.1, -0.05) is 30.3 Å². The summed E-state index contributed by atoms with van der Waals surface area (Å²) in [6, 6.07) is 16.8. The van der Waals surface area contributed by atoms with Gasteiger partial charge in [-0.25, -0.2) is 4.79 Å². The van der Waals surface area contributed by atoms with Crippen molar-refractivity contribution in [2.24, 2.45) is 0 Å². The van der Waals surface area contributed by atoms with Crippen molar-refractivity contribution in [1.29, 1.82) is 0 Å². The predicted octanol–water partition coefficient (Wildman–Crippen LogP) is 4.30. The van der Waals surface area contributed by atoms with Gasteiger partial charge in [-0.2, -0.15) is 0 Å². The molecule has 0 atom stereocenters. The number of rotatable bonds is 7. The summed E-state index contributed by atoms with van der Waals surface area (Å²) in [6.07, 6.45) is -0.511. The Morgan fingerprint density at radius 2 is 1.52 bits per heavy atom. The minimum atomic E-state index is -0.636. The first-order valence-electron chi connectivity index (χ1n) is 9.60. The Hall–Kier alpha value is -3.02. The second-order valence-corrected chi connectivity index (χ2v) is 8.49. The Labute approximate surface area is 172 Å². The van der Waals surface area contributed by atoms with E-state index >= 15 is 0 Å². The summed E-state index contributed by atoms with van der Waals surface area (Å²) in [7, 11) is 0. The lowest BCUT2D eigenvalue weighted by molar-refractivity contribution is 0.0509. The molecule has 0 saturated carbocycles. The highest BCUT2D eigenvalue weighted by atomic mass is 16.6. The van der Waals surface area contributed by atoms with E-state index < -0.39 is 17.2 Å². The number of amides is 2. The maximum absolute atomic E-state index is 12.5. The summed E-state index contributed by atoms with van der Waals surface area (Å²) in [5.74, 6) is 0.588. The molecule has 2 amide bonds. The van der Waals surface area contributed by atoms with Crippen molar-refractivity contribution in [1.82, 2.24) is 10.6 Å². The number of ether oxygens (including phenoxy) is 2. The lowest BCUT2D eigenvalue weighted by Crippen LogP contribution is -2.52. The quantitative estimate of drug-likeness (QED) is 0.729. The maximum atomic E-state index is 12.5. The number of alkyl carbamates (subject to hydrolysis) is 1. The molecule has 29 heavy (non-hydrogen) atoms. The monoisotopic (exact) mass is 398 g/mol. The maximum Gasteiger partial charge on any atom is 0.407 e. The van der Waals surface area contributed by atoms with Crippen molar-refractivity contribution >= 4 is 12.0 Å². The third kappa shape index (κ3) is 8.25. The molecule has 2 aromatic rings. The Kier molecular flexibility index (Phi) is 7.26. The number of nitrogens with one attached hydrogen (secondary N) is 2. The molecule has 6 nitrogen and oxygen atoms in total.